The van der Waals surface area contributed by atoms with Crippen LogP contribution in [0, 0.1) is 12.3 Å². The van der Waals surface area contributed by atoms with E-state index in [0.29, 0.717) is 5.69 Å². The van der Waals surface area contributed by atoms with E-state index >= 15 is 0 Å². The molecule has 96 valence electrons. The first-order valence-electron chi connectivity index (χ1n) is 5.96. The van der Waals surface area contributed by atoms with Gasteiger partial charge in [-0.2, -0.15) is 0 Å². The number of terminal acetylenes is 1. The van der Waals surface area contributed by atoms with Crippen LogP contribution in [0.3, 0.4) is 0 Å². The third-order valence-corrected chi connectivity index (χ3v) is 4.43. The van der Waals surface area contributed by atoms with Crippen LogP contribution in [0.25, 0.3) is 22.7 Å². The number of thiazole rings is 2. The highest BCUT2D eigenvalue weighted by atomic mass is 32.1. The van der Waals surface area contributed by atoms with Gasteiger partial charge in [0.15, 0.2) is 0 Å². The van der Waals surface area contributed by atoms with Crippen LogP contribution in [0.5, 0.6) is 0 Å². The summed E-state index contributed by atoms with van der Waals surface area (Å²) in [6, 6.07) is 10.2. The lowest BCUT2D eigenvalue weighted by molar-refractivity contribution is 1.35. The molecule has 0 spiro atoms. The molecule has 0 N–H and O–H groups in total. The van der Waals surface area contributed by atoms with Gasteiger partial charge >= 0.3 is 0 Å². The van der Waals surface area contributed by atoms with Crippen molar-refractivity contribution in [3.63, 3.8) is 0 Å². The van der Waals surface area contributed by atoms with Gasteiger partial charge in [-0.1, -0.05) is 30.3 Å². The van der Waals surface area contributed by atoms with Crippen LogP contribution in [-0.4, -0.2) is 9.97 Å². The van der Waals surface area contributed by atoms with Crippen LogP contribution >= 0.6 is 22.7 Å². The fourth-order valence-electron chi connectivity index (χ4n) is 1.66. The molecule has 20 heavy (non-hydrogen) atoms. The van der Waals surface area contributed by atoms with Crippen molar-refractivity contribution in [1.29, 1.82) is 0 Å². The number of rotatable bonds is 3. The molecule has 1 aromatic carbocycles. The zero-order chi connectivity index (χ0) is 13.8. The highest BCUT2D eigenvalue weighted by Gasteiger charge is 2.02. The molecule has 0 atom stereocenters. The second-order valence-electron chi connectivity index (χ2n) is 3.98. The molecule has 0 aliphatic rings. The van der Waals surface area contributed by atoms with Gasteiger partial charge < -0.3 is 0 Å². The van der Waals surface area contributed by atoms with E-state index in [4.69, 9.17) is 6.42 Å². The van der Waals surface area contributed by atoms with Crippen LogP contribution in [0.2, 0.25) is 0 Å². The maximum Gasteiger partial charge on any atom is 0.124 e. The smallest absolute Gasteiger partial charge is 0.124 e. The summed E-state index contributed by atoms with van der Waals surface area (Å²) in [5.41, 5.74) is 1.82. The minimum absolute atomic E-state index is 0.684. The highest BCUT2D eigenvalue weighted by molar-refractivity contribution is 7.16. The minimum atomic E-state index is 0.684. The molecular weight excluding hydrogens is 284 g/mol. The lowest BCUT2D eigenvalue weighted by atomic mass is 10.2. The van der Waals surface area contributed by atoms with Gasteiger partial charge in [0.2, 0.25) is 0 Å². The van der Waals surface area contributed by atoms with Gasteiger partial charge in [-0.25, -0.2) is 9.97 Å². The Balaban J connectivity index is 1.79. The van der Waals surface area contributed by atoms with Crippen molar-refractivity contribution in [1.82, 2.24) is 9.97 Å². The lowest BCUT2D eigenvalue weighted by Crippen LogP contribution is -1.71. The molecule has 3 aromatic rings. The van der Waals surface area contributed by atoms with E-state index in [-0.39, 0.29) is 0 Å². The van der Waals surface area contributed by atoms with Crippen LogP contribution in [0.4, 0.5) is 0 Å². The number of hydrogen-bond acceptors (Lipinski definition) is 4. The van der Waals surface area contributed by atoms with Crippen molar-refractivity contribution in [2.24, 2.45) is 0 Å². The third kappa shape index (κ3) is 2.85. The van der Waals surface area contributed by atoms with Gasteiger partial charge in [0.1, 0.15) is 15.7 Å². The Morgan fingerprint density at radius 1 is 1.15 bits per heavy atom. The molecule has 2 heterocycles. The first-order valence-corrected chi connectivity index (χ1v) is 7.66. The van der Waals surface area contributed by atoms with E-state index in [1.807, 2.05) is 41.9 Å². The SMILES string of the molecule is C#Cc1csc(C=Cc2cnc(-c3ccccc3)s2)n1. The molecule has 0 radical (unpaired) electrons. The van der Waals surface area contributed by atoms with E-state index < -0.39 is 0 Å². The Bertz CT molecular complexity index is 776. The van der Waals surface area contributed by atoms with E-state index in [1.54, 1.807) is 22.7 Å². The van der Waals surface area contributed by atoms with Gasteiger partial charge in [-0.15, -0.1) is 29.1 Å². The maximum atomic E-state index is 5.30. The average Bonchev–Trinajstić information content (AvgIpc) is 3.15. The van der Waals surface area contributed by atoms with Crippen LogP contribution in [0.15, 0.2) is 41.9 Å². The molecule has 3 rings (SSSR count). The lowest BCUT2D eigenvalue weighted by Gasteiger charge is -1.92. The maximum absolute atomic E-state index is 5.30. The Labute approximate surface area is 125 Å². The predicted molar refractivity (Wildman–Crippen MR) is 86.5 cm³/mol. The monoisotopic (exact) mass is 294 g/mol. The van der Waals surface area contributed by atoms with Gasteiger partial charge in [0.25, 0.3) is 0 Å². The Hall–Kier alpha value is -2.22. The van der Waals surface area contributed by atoms with Crippen LogP contribution in [0.1, 0.15) is 15.6 Å². The standard InChI is InChI=1S/C16H10N2S2/c1-2-13-11-19-15(18-13)9-8-14-10-17-16(20-14)12-6-4-3-5-7-12/h1,3-11H. The normalized spacial score (nSPS) is 10.8. The van der Waals surface area contributed by atoms with Crippen molar-refractivity contribution in [2.45, 2.75) is 0 Å². The number of nitrogens with zero attached hydrogens (tertiary/aromatic N) is 2. The molecule has 0 aliphatic heterocycles. The van der Waals surface area contributed by atoms with Crippen molar-refractivity contribution in [2.75, 3.05) is 0 Å². The summed E-state index contributed by atoms with van der Waals surface area (Å²) in [6.45, 7) is 0. The molecule has 0 saturated carbocycles. The second-order valence-corrected chi connectivity index (χ2v) is 5.93. The quantitative estimate of drug-likeness (QED) is 0.668. The molecule has 0 saturated heterocycles. The van der Waals surface area contributed by atoms with Crippen molar-refractivity contribution in [3.05, 3.63) is 57.5 Å². The van der Waals surface area contributed by atoms with E-state index in [2.05, 4.69) is 28.0 Å². The molecule has 0 bridgehead atoms. The third-order valence-electron chi connectivity index (χ3n) is 2.60. The van der Waals surface area contributed by atoms with Gasteiger partial charge in [0.05, 0.1) is 0 Å². The summed E-state index contributed by atoms with van der Waals surface area (Å²) < 4.78 is 0. The molecule has 0 amide bonds. The van der Waals surface area contributed by atoms with Gasteiger partial charge in [-0.05, 0) is 18.1 Å². The zero-order valence-corrected chi connectivity index (χ0v) is 12.1. The summed E-state index contributed by atoms with van der Waals surface area (Å²) in [4.78, 5) is 9.83. The Morgan fingerprint density at radius 3 is 2.75 bits per heavy atom. The molecule has 2 aromatic heterocycles. The number of aromatic nitrogens is 2. The summed E-state index contributed by atoms with van der Waals surface area (Å²) in [5.74, 6) is 2.53. The van der Waals surface area contributed by atoms with E-state index in [0.717, 1.165) is 20.5 Å². The highest BCUT2D eigenvalue weighted by Crippen LogP contribution is 2.26. The van der Waals surface area contributed by atoms with Gasteiger partial charge in [0, 0.05) is 22.0 Å². The van der Waals surface area contributed by atoms with Gasteiger partial charge in [-0.3, -0.25) is 0 Å². The Kier molecular flexibility index (Phi) is 3.73. The first-order chi connectivity index (χ1) is 9.85. The van der Waals surface area contributed by atoms with E-state index in [1.165, 1.54) is 0 Å². The molecule has 0 aliphatic carbocycles. The Morgan fingerprint density at radius 2 is 2.00 bits per heavy atom. The topological polar surface area (TPSA) is 25.8 Å². The average molecular weight is 294 g/mol. The number of benzene rings is 1. The van der Waals surface area contributed by atoms with Crippen molar-refractivity contribution < 1.29 is 0 Å². The first kappa shape index (κ1) is 12.8. The minimum Gasteiger partial charge on any atom is -0.244 e. The number of hydrogen-bond donors (Lipinski definition) is 0. The second kappa shape index (κ2) is 5.83. The molecular formula is C16H10N2S2. The zero-order valence-electron chi connectivity index (χ0n) is 10.5. The molecule has 4 heteroatoms. The van der Waals surface area contributed by atoms with Crippen molar-refractivity contribution >= 4 is 34.8 Å². The summed E-state index contributed by atoms with van der Waals surface area (Å²) in [7, 11) is 0. The summed E-state index contributed by atoms with van der Waals surface area (Å²) in [5, 5.41) is 3.81. The summed E-state index contributed by atoms with van der Waals surface area (Å²) >= 11 is 3.20. The fourth-order valence-corrected chi connectivity index (χ4v) is 3.14. The fraction of sp³-hybridized carbons (Fsp3) is 0. The van der Waals surface area contributed by atoms with Crippen LogP contribution in [-0.2, 0) is 0 Å². The molecule has 2 nitrogen and oxygen atoms in total. The van der Waals surface area contributed by atoms with Crippen molar-refractivity contribution in [3.8, 4) is 22.9 Å². The molecule has 0 unspecified atom stereocenters. The predicted octanol–water partition coefficient (Wildman–Crippen LogP) is 4.42. The summed E-state index contributed by atoms with van der Waals surface area (Å²) in [6.07, 6.45) is 11.2. The molecule has 0 fully saturated rings. The van der Waals surface area contributed by atoms with Crippen LogP contribution < -0.4 is 0 Å². The largest absolute Gasteiger partial charge is 0.244 e. The van der Waals surface area contributed by atoms with E-state index in [9.17, 15) is 0 Å².